The summed E-state index contributed by atoms with van der Waals surface area (Å²) in [6.07, 6.45) is 1.60. The summed E-state index contributed by atoms with van der Waals surface area (Å²) in [5.41, 5.74) is 7.60. The maximum Gasteiger partial charge on any atom is 0.235 e. The highest BCUT2D eigenvalue weighted by Crippen LogP contribution is 2.36. The molecule has 4 aromatic rings. The second kappa shape index (κ2) is 8.14. The van der Waals surface area contributed by atoms with E-state index in [1.807, 2.05) is 71.3 Å². The van der Waals surface area contributed by atoms with Gasteiger partial charge in [-0.05, 0) is 23.3 Å². The first-order valence-corrected chi connectivity index (χ1v) is 9.62. The molecule has 7 heteroatoms. The van der Waals surface area contributed by atoms with Crippen molar-refractivity contribution in [1.29, 1.82) is 0 Å². The molecule has 2 N–H and O–H groups in total. The summed E-state index contributed by atoms with van der Waals surface area (Å²) in [4.78, 5) is 12.1. The van der Waals surface area contributed by atoms with Crippen molar-refractivity contribution < 1.29 is 9.21 Å². The predicted molar refractivity (Wildman–Crippen MR) is 108 cm³/mol. The number of carbonyl (C=O) groups is 1. The van der Waals surface area contributed by atoms with Gasteiger partial charge in [0.2, 0.25) is 11.7 Å². The number of primary amides is 1. The number of nitrogens with two attached hydrogens (primary N) is 1. The Kier molecular flexibility index (Phi) is 5.25. The zero-order chi connectivity index (χ0) is 19.3. The monoisotopic (exact) mass is 390 g/mol. The highest BCUT2D eigenvalue weighted by molar-refractivity contribution is 8.00. The molecule has 6 nitrogen and oxygen atoms in total. The molecule has 0 spiro atoms. The van der Waals surface area contributed by atoms with E-state index in [2.05, 4.69) is 10.2 Å². The molecule has 0 fully saturated rings. The van der Waals surface area contributed by atoms with E-state index in [9.17, 15) is 4.79 Å². The Morgan fingerprint density at radius 1 is 1.00 bits per heavy atom. The Labute approximate surface area is 166 Å². The molecule has 0 aliphatic rings. The Balaban J connectivity index is 1.73. The van der Waals surface area contributed by atoms with Gasteiger partial charge in [0.05, 0.1) is 12.8 Å². The predicted octanol–water partition coefficient (Wildman–Crippen LogP) is 3.91. The van der Waals surface area contributed by atoms with E-state index in [1.54, 1.807) is 12.3 Å². The van der Waals surface area contributed by atoms with Crippen molar-refractivity contribution in [2.45, 2.75) is 17.0 Å². The number of amides is 1. The first kappa shape index (κ1) is 18.1. The van der Waals surface area contributed by atoms with E-state index in [4.69, 9.17) is 10.2 Å². The van der Waals surface area contributed by atoms with Crippen LogP contribution in [0.5, 0.6) is 0 Å². The minimum atomic E-state index is -0.565. The van der Waals surface area contributed by atoms with Crippen LogP contribution in [0.3, 0.4) is 0 Å². The van der Waals surface area contributed by atoms with E-state index in [1.165, 1.54) is 11.8 Å². The van der Waals surface area contributed by atoms with Crippen molar-refractivity contribution in [1.82, 2.24) is 14.8 Å². The van der Waals surface area contributed by atoms with E-state index < -0.39 is 11.2 Å². The summed E-state index contributed by atoms with van der Waals surface area (Å²) in [5, 5.41) is 8.67. The van der Waals surface area contributed by atoms with Crippen LogP contribution in [0, 0.1) is 0 Å². The van der Waals surface area contributed by atoms with Crippen molar-refractivity contribution >= 4 is 17.7 Å². The number of hydrogen-bond acceptors (Lipinski definition) is 5. The first-order valence-electron chi connectivity index (χ1n) is 8.74. The Hall–Kier alpha value is -3.32. The van der Waals surface area contributed by atoms with Gasteiger partial charge in [-0.1, -0.05) is 72.4 Å². The topological polar surface area (TPSA) is 86.9 Å². The number of furan rings is 1. The van der Waals surface area contributed by atoms with E-state index in [-0.39, 0.29) is 0 Å². The molecule has 4 rings (SSSR count). The molecule has 2 heterocycles. The summed E-state index contributed by atoms with van der Waals surface area (Å²) >= 11 is 1.29. The second-order valence-corrected chi connectivity index (χ2v) is 7.24. The van der Waals surface area contributed by atoms with Gasteiger partial charge in [-0.15, -0.1) is 10.2 Å². The van der Waals surface area contributed by atoms with Crippen LogP contribution in [-0.2, 0) is 11.3 Å². The zero-order valence-corrected chi connectivity index (χ0v) is 15.8. The van der Waals surface area contributed by atoms with Gasteiger partial charge in [-0.2, -0.15) is 0 Å². The highest BCUT2D eigenvalue weighted by atomic mass is 32.2. The molecule has 0 aliphatic heterocycles. The van der Waals surface area contributed by atoms with Crippen LogP contribution < -0.4 is 5.73 Å². The summed E-state index contributed by atoms with van der Waals surface area (Å²) < 4.78 is 7.47. The summed E-state index contributed by atoms with van der Waals surface area (Å²) in [6.45, 7) is 0.548. The average molecular weight is 390 g/mol. The van der Waals surface area contributed by atoms with Crippen LogP contribution in [0.4, 0.5) is 0 Å². The van der Waals surface area contributed by atoms with E-state index in [0.29, 0.717) is 23.3 Å². The highest BCUT2D eigenvalue weighted by Gasteiger charge is 2.24. The maximum absolute atomic E-state index is 12.1. The van der Waals surface area contributed by atoms with E-state index >= 15 is 0 Å². The van der Waals surface area contributed by atoms with Crippen LogP contribution in [-0.4, -0.2) is 20.7 Å². The SMILES string of the molecule is NC(=O)C(Sc1nnc(-c2ccco2)n1Cc1ccccc1)c1ccccc1. The van der Waals surface area contributed by atoms with Crippen molar-refractivity contribution in [3.05, 3.63) is 90.2 Å². The van der Waals surface area contributed by atoms with Gasteiger partial charge in [0.1, 0.15) is 5.25 Å². The van der Waals surface area contributed by atoms with Crippen LogP contribution in [0.2, 0.25) is 0 Å². The van der Waals surface area contributed by atoms with Crippen molar-refractivity contribution in [3.63, 3.8) is 0 Å². The zero-order valence-electron chi connectivity index (χ0n) is 14.9. The van der Waals surface area contributed by atoms with Crippen LogP contribution in [0.15, 0.2) is 88.6 Å². The Bertz CT molecular complexity index is 1050. The van der Waals surface area contributed by atoms with Crippen LogP contribution in [0.25, 0.3) is 11.6 Å². The van der Waals surface area contributed by atoms with Crippen molar-refractivity contribution in [2.24, 2.45) is 5.73 Å². The lowest BCUT2D eigenvalue weighted by Gasteiger charge is -2.14. The average Bonchev–Trinajstić information content (AvgIpc) is 3.37. The minimum Gasteiger partial charge on any atom is -0.461 e. The smallest absolute Gasteiger partial charge is 0.235 e. The van der Waals surface area contributed by atoms with Crippen LogP contribution >= 0.6 is 11.8 Å². The van der Waals surface area contributed by atoms with Gasteiger partial charge in [0, 0.05) is 0 Å². The number of carbonyl (C=O) groups excluding carboxylic acids is 1. The number of benzene rings is 2. The normalized spacial score (nSPS) is 12.0. The number of thioether (sulfide) groups is 1. The number of aromatic nitrogens is 3. The van der Waals surface area contributed by atoms with Gasteiger partial charge < -0.3 is 10.2 Å². The molecule has 140 valence electrons. The molecule has 1 atom stereocenters. The molecule has 0 saturated heterocycles. The summed E-state index contributed by atoms with van der Waals surface area (Å²) in [5.74, 6) is 0.795. The fraction of sp³-hybridized carbons (Fsp3) is 0.0952. The minimum absolute atomic E-state index is 0.426. The quantitative estimate of drug-likeness (QED) is 0.484. The van der Waals surface area contributed by atoms with Gasteiger partial charge >= 0.3 is 0 Å². The Morgan fingerprint density at radius 2 is 1.71 bits per heavy atom. The lowest BCUT2D eigenvalue weighted by molar-refractivity contribution is -0.117. The molecule has 0 radical (unpaired) electrons. The molecular weight excluding hydrogens is 372 g/mol. The second-order valence-electron chi connectivity index (χ2n) is 6.17. The summed E-state index contributed by atoms with van der Waals surface area (Å²) in [7, 11) is 0. The molecule has 0 bridgehead atoms. The Morgan fingerprint density at radius 3 is 2.36 bits per heavy atom. The van der Waals surface area contributed by atoms with Gasteiger partial charge in [-0.25, -0.2) is 0 Å². The fourth-order valence-electron chi connectivity index (χ4n) is 2.90. The van der Waals surface area contributed by atoms with Gasteiger partial charge in [0.15, 0.2) is 10.9 Å². The number of rotatable bonds is 7. The van der Waals surface area contributed by atoms with E-state index in [0.717, 1.165) is 11.1 Å². The molecular formula is C21H18N4O2S. The van der Waals surface area contributed by atoms with Crippen molar-refractivity contribution in [2.75, 3.05) is 0 Å². The molecule has 1 amide bonds. The van der Waals surface area contributed by atoms with Gasteiger partial charge in [0.25, 0.3) is 0 Å². The van der Waals surface area contributed by atoms with Crippen LogP contribution in [0.1, 0.15) is 16.4 Å². The third kappa shape index (κ3) is 3.84. The lowest BCUT2D eigenvalue weighted by atomic mass is 10.1. The number of nitrogens with zero attached hydrogens (tertiary/aromatic N) is 3. The molecule has 0 saturated carbocycles. The standard InChI is InChI=1S/C21H18N4O2S/c22-19(26)18(16-10-5-2-6-11-16)28-21-24-23-20(17-12-7-13-27-17)25(21)14-15-8-3-1-4-9-15/h1-13,18H,14H2,(H2,22,26). The summed E-state index contributed by atoms with van der Waals surface area (Å²) in [6, 6.07) is 23.1. The lowest BCUT2D eigenvalue weighted by Crippen LogP contribution is -2.19. The number of hydrogen-bond donors (Lipinski definition) is 1. The molecule has 28 heavy (non-hydrogen) atoms. The first-order chi connectivity index (χ1) is 13.7. The molecule has 2 aromatic carbocycles. The maximum atomic E-state index is 12.1. The molecule has 2 aromatic heterocycles. The van der Waals surface area contributed by atoms with Crippen molar-refractivity contribution in [3.8, 4) is 11.6 Å². The largest absolute Gasteiger partial charge is 0.461 e. The fourth-order valence-corrected chi connectivity index (χ4v) is 3.88. The molecule has 0 aliphatic carbocycles. The third-order valence-corrected chi connectivity index (χ3v) is 5.48. The molecule has 1 unspecified atom stereocenters. The van der Waals surface area contributed by atoms with Gasteiger partial charge in [-0.3, -0.25) is 9.36 Å². The third-order valence-electron chi connectivity index (χ3n) is 4.23.